The molecule has 98 valence electrons. The summed E-state index contributed by atoms with van der Waals surface area (Å²) in [6.45, 7) is 3.32. The highest BCUT2D eigenvalue weighted by molar-refractivity contribution is 9.10. The molecule has 2 rings (SSSR count). The zero-order valence-electron chi connectivity index (χ0n) is 11.1. The van der Waals surface area contributed by atoms with E-state index in [1.807, 2.05) is 0 Å². The number of rotatable bonds is 5. The lowest BCUT2D eigenvalue weighted by molar-refractivity contribution is 0.562. The smallest absolute Gasteiger partial charge is 0.0291 e. The van der Waals surface area contributed by atoms with Gasteiger partial charge in [0.25, 0.3) is 0 Å². The molecule has 0 aliphatic heterocycles. The number of halogens is 1. The second-order valence-corrected chi connectivity index (χ2v) is 6.00. The fraction of sp³-hybridized carbons (Fsp3) is 0.500. The van der Waals surface area contributed by atoms with E-state index in [4.69, 9.17) is 0 Å². The quantitative estimate of drug-likeness (QED) is 0.756. The van der Waals surface area contributed by atoms with Crippen LogP contribution in [0.5, 0.6) is 0 Å². The number of hydrogen-bond acceptors (Lipinski definition) is 1. The molecule has 0 saturated heterocycles. The summed E-state index contributed by atoms with van der Waals surface area (Å²) >= 11 is 3.47. The van der Waals surface area contributed by atoms with Gasteiger partial charge in [0.05, 0.1) is 0 Å². The Morgan fingerprint density at radius 3 is 2.67 bits per heavy atom. The van der Waals surface area contributed by atoms with E-state index in [0.29, 0.717) is 6.04 Å². The first kappa shape index (κ1) is 13.8. The van der Waals surface area contributed by atoms with E-state index in [0.717, 1.165) is 11.0 Å². The first-order chi connectivity index (χ1) is 8.75. The summed E-state index contributed by atoms with van der Waals surface area (Å²) in [4.78, 5) is 0. The summed E-state index contributed by atoms with van der Waals surface area (Å²) in [5.41, 5.74) is 3.01. The molecule has 0 heterocycles. The molecule has 0 radical (unpaired) electrons. The van der Waals surface area contributed by atoms with Crippen molar-refractivity contribution >= 4 is 15.9 Å². The maximum absolute atomic E-state index is 3.61. The highest BCUT2D eigenvalue weighted by atomic mass is 79.9. The Kier molecular flexibility index (Phi) is 5.45. The van der Waals surface area contributed by atoms with Crippen molar-refractivity contribution in [2.45, 2.75) is 45.1 Å². The molecular formula is C16H22BrN. The van der Waals surface area contributed by atoms with Crippen molar-refractivity contribution in [2.75, 3.05) is 6.54 Å². The standard InChI is InChI=1S/C16H22BrN/c1-13(15-7-9-16(17)10-8-15)18-12-11-14-5-3-2-4-6-14/h5,7-10,13,18H,2-4,6,11-12H2,1H3. The number of benzene rings is 1. The van der Waals surface area contributed by atoms with Gasteiger partial charge in [-0.25, -0.2) is 0 Å². The van der Waals surface area contributed by atoms with Gasteiger partial charge in [0.15, 0.2) is 0 Å². The van der Waals surface area contributed by atoms with Crippen LogP contribution in [0.3, 0.4) is 0 Å². The summed E-state index contributed by atoms with van der Waals surface area (Å²) in [7, 11) is 0. The van der Waals surface area contributed by atoms with Crippen molar-refractivity contribution in [1.29, 1.82) is 0 Å². The van der Waals surface area contributed by atoms with E-state index >= 15 is 0 Å². The Morgan fingerprint density at radius 2 is 2.00 bits per heavy atom. The van der Waals surface area contributed by atoms with Crippen LogP contribution >= 0.6 is 15.9 Å². The molecule has 1 aromatic carbocycles. The molecule has 0 aromatic heterocycles. The normalized spacial score (nSPS) is 17.3. The molecule has 1 atom stereocenters. The highest BCUT2D eigenvalue weighted by Gasteiger charge is 2.06. The lowest BCUT2D eigenvalue weighted by atomic mass is 9.97. The van der Waals surface area contributed by atoms with Crippen molar-refractivity contribution in [3.8, 4) is 0 Å². The van der Waals surface area contributed by atoms with Crippen LogP contribution in [0.4, 0.5) is 0 Å². The zero-order chi connectivity index (χ0) is 12.8. The molecule has 0 bridgehead atoms. The monoisotopic (exact) mass is 307 g/mol. The molecule has 1 aliphatic carbocycles. The predicted molar refractivity (Wildman–Crippen MR) is 81.7 cm³/mol. The molecule has 2 heteroatoms. The second kappa shape index (κ2) is 7.10. The van der Waals surface area contributed by atoms with Crippen molar-refractivity contribution in [2.24, 2.45) is 0 Å². The molecular weight excluding hydrogens is 286 g/mol. The van der Waals surface area contributed by atoms with Gasteiger partial charge in [-0.05, 0) is 63.3 Å². The van der Waals surface area contributed by atoms with Crippen molar-refractivity contribution in [3.05, 3.63) is 46.0 Å². The van der Waals surface area contributed by atoms with Crippen LogP contribution in [0.15, 0.2) is 40.4 Å². The van der Waals surface area contributed by atoms with Gasteiger partial charge >= 0.3 is 0 Å². The third-order valence-electron chi connectivity index (χ3n) is 3.65. The fourth-order valence-corrected chi connectivity index (χ4v) is 2.71. The van der Waals surface area contributed by atoms with E-state index in [2.05, 4.69) is 58.5 Å². The van der Waals surface area contributed by atoms with E-state index in [1.54, 1.807) is 5.57 Å². The van der Waals surface area contributed by atoms with Crippen LogP contribution in [0.25, 0.3) is 0 Å². The van der Waals surface area contributed by atoms with Gasteiger partial charge in [-0.15, -0.1) is 0 Å². The summed E-state index contributed by atoms with van der Waals surface area (Å²) in [6.07, 6.45) is 9.02. The van der Waals surface area contributed by atoms with Gasteiger partial charge in [-0.3, -0.25) is 0 Å². The van der Waals surface area contributed by atoms with Crippen molar-refractivity contribution in [3.63, 3.8) is 0 Å². The molecule has 18 heavy (non-hydrogen) atoms. The Hall–Kier alpha value is -0.600. The van der Waals surface area contributed by atoms with Gasteiger partial charge in [0.2, 0.25) is 0 Å². The first-order valence-electron chi connectivity index (χ1n) is 6.92. The number of hydrogen-bond donors (Lipinski definition) is 1. The van der Waals surface area contributed by atoms with Crippen LogP contribution < -0.4 is 5.32 Å². The summed E-state index contributed by atoms with van der Waals surface area (Å²) in [6, 6.07) is 9.01. The summed E-state index contributed by atoms with van der Waals surface area (Å²) in [5.74, 6) is 0. The lowest BCUT2D eigenvalue weighted by Gasteiger charge is -2.17. The average Bonchev–Trinajstić information content (AvgIpc) is 2.40. The Balaban J connectivity index is 1.76. The predicted octanol–water partition coefficient (Wildman–Crippen LogP) is 4.99. The molecule has 1 unspecified atom stereocenters. The molecule has 1 aromatic rings. The van der Waals surface area contributed by atoms with Crippen LogP contribution in [-0.4, -0.2) is 6.54 Å². The third-order valence-corrected chi connectivity index (χ3v) is 4.18. The van der Waals surface area contributed by atoms with Crippen molar-refractivity contribution < 1.29 is 0 Å². The van der Waals surface area contributed by atoms with Gasteiger partial charge < -0.3 is 5.32 Å². The van der Waals surface area contributed by atoms with E-state index < -0.39 is 0 Å². The summed E-state index contributed by atoms with van der Waals surface area (Å²) < 4.78 is 1.14. The molecule has 0 fully saturated rings. The topological polar surface area (TPSA) is 12.0 Å². The second-order valence-electron chi connectivity index (χ2n) is 5.09. The molecule has 0 amide bonds. The molecule has 1 nitrogen and oxygen atoms in total. The fourth-order valence-electron chi connectivity index (χ4n) is 2.45. The van der Waals surface area contributed by atoms with E-state index in [1.165, 1.54) is 37.7 Å². The summed E-state index contributed by atoms with van der Waals surface area (Å²) in [5, 5.41) is 3.61. The minimum Gasteiger partial charge on any atom is -0.310 e. The SMILES string of the molecule is CC(NCCC1=CCCCC1)c1ccc(Br)cc1. The van der Waals surface area contributed by atoms with Crippen LogP contribution in [0, 0.1) is 0 Å². The molecule has 1 aliphatic rings. The van der Waals surface area contributed by atoms with Crippen LogP contribution in [-0.2, 0) is 0 Å². The third kappa shape index (κ3) is 4.25. The van der Waals surface area contributed by atoms with Gasteiger partial charge in [0.1, 0.15) is 0 Å². The molecule has 0 saturated carbocycles. The van der Waals surface area contributed by atoms with E-state index in [-0.39, 0.29) is 0 Å². The number of nitrogens with one attached hydrogen (secondary N) is 1. The van der Waals surface area contributed by atoms with Crippen LogP contribution in [0.1, 0.15) is 50.6 Å². The molecule has 1 N–H and O–H groups in total. The Labute approximate surface area is 119 Å². The largest absolute Gasteiger partial charge is 0.310 e. The van der Waals surface area contributed by atoms with Crippen molar-refractivity contribution in [1.82, 2.24) is 5.32 Å². The number of allylic oxidation sites excluding steroid dienone is 1. The Morgan fingerprint density at radius 1 is 1.22 bits per heavy atom. The minimum absolute atomic E-state index is 0.433. The lowest BCUT2D eigenvalue weighted by Crippen LogP contribution is -2.20. The molecule has 0 spiro atoms. The van der Waals surface area contributed by atoms with Crippen LogP contribution in [0.2, 0.25) is 0 Å². The van der Waals surface area contributed by atoms with Gasteiger partial charge in [-0.1, -0.05) is 39.7 Å². The maximum Gasteiger partial charge on any atom is 0.0291 e. The highest BCUT2D eigenvalue weighted by Crippen LogP contribution is 2.20. The maximum atomic E-state index is 3.61. The first-order valence-corrected chi connectivity index (χ1v) is 7.72. The van der Waals surface area contributed by atoms with Gasteiger partial charge in [0, 0.05) is 10.5 Å². The zero-order valence-corrected chi connectivity index (χ0v) is 12.7. The van der Waals surface area contributed by atoms with E-state index in [9.17, 15) is 0 Å². The average molecular weight is 308 g/mol. The Bertz CT molecular complexity index is 394. The van der Waals surface area contributed by atoms with Gasteiger partial charge in [-0.2, -0.15) is 0 Å². The minimum atomic E-state index is 0.433.